The molecule has 3 atom stereocenters. The summed E-state index contributed by atoms with van der Waals surface area (Å²) in [7, 11) is 1.69. The number of methoxy groups -OCH3 is 1. The summed E-state index contributed by atoms with van der Waals surface area (Å²) < 4.78 is 7.04. The lowest BCUT2D eigenvalue weighted by molar-refractivity contribution is -0.136. The predicted octanol–water partition coefficient (Wildman–Crippen LogP) is 1.47. The van der Waals surface area contributed by atoms with Crippen LogP contribution in [0.3, 0.4) is 0 Å². The average molecular weight is 396 g/mol. The van der Waals surface area contributed by atoms with E-state index in [2.05, 4.69) is 37.5 Å². The first-order chi connectivity index (χ1) is 14.2. The molecule has 0 unspecified atom stereocenters. The second kappa shape index (κ2) is 7.40. The van der Waals surface area contributed by atoms with Gasteiger partial charge in [0.25, 0.3) is 0 Å². The van der Waals surface area contributed by atoms with Crippen molar-refractivity contribution in [3.05, 3.63) is 35.7 Å². The number of nitrogens with zero attached hydrogens (tertiary/aromatic N) is 6. The van der Waals surface area contributed by atoms with Crippen molar-refractivity contribution in [3.63, 3.8) is 0 Å². The minimum Gasteiger partial charge on any atom is -0.497 e. The number of rotatable bonds is 5. The zero-order valence-electron chi connectivity index (χ0n) is 17.1. The zero-order valence-corrected chi connectivity index (χ0v) is 17.1. The van der Waals surface area contributed by atoms with E-state index in [-0.39, 0.29) is 5.91 Å². The summed E-state index contributed by atoms with van der Waals surface area (Å²) in [6.45, 7) is 5.51. The maximum absolute atomic E-state index is 13.3. The third kappa shape index (κ3) is 3.19. The monoisotopic (exact) mass is 396 g/mol. The second-order valence-electron chi connectivity index (χ2n) is 8.48. The van der Waals surface area contributed by atoms with Gasteiger partial charge in [0.05, 0.1) is 19.7 Å². The molecule has 0 saturated carbocycles. The average Bonchev–Trinajstić information content (AvgIpc) is 3.38. The lowest BCUT2D eigenvalue weighted by Gasteiger charge is -2.51. The Hall–Kier alpha value is -2.48. The minimum absolute atomic E-state index is 0.222. The van der Waals surface area contributed by atoms with E-state index in [1.54, 1.807) is 11.8 Å². The van der Waals surface area contributed by atoms with Gasteiger partial charge in [-0.2, -0.15) is 0 Å². The highest BCUT2D eigenvalue weighted by Gasteiger charge is 2.54. The number of hydrogen-bond donors (Lipinski definition) is 0. The Morgan fingerprint density at radius 1 is 1.17 bits per heavy atom. The van der Waals surface area contributed by atoms with Crippen LogP contribution in [0.4, 0.5) is 0 Å². The molecule has 29 heavy (non-hydrogen) atoms. The van der Waals surface area contributed by atoms with Crippen LogP contribution < -0.4 is 4.74 Å². The summed E-state index contributed by atoms with van der Waals surface area (Å²) in [5.74, 6) is 2.81. The third-order valence-corrected chi connectivity index (χ3v) is 7.11. The Morgan fingerprint density at radius 2 is 1.93 bits per heavy atom. The molecule has 8 nitrogen and oxygen atoms in total. The van der Waals surface area contributed by atoms with Crippen molar-refractivity contribution in [3.8, 4) is 5.75 Å². The van der Waals surface area contributed by atoms with Crippen LogP contribution in [-0.2, 0) is 11.3 Å². The highest BCUT2D eigenvalue weighted by atomic mass is 16.5. The van der Waals surface area contributed by atoms with E-state index in [0.29, 0.717) is 36.9 Å². The van der Waals surface area contributed by atoms with Crippen LogP contribution in [0.25, 0.3) is 0 Å². The van der Waals surface area contributed by atoms with Crippen LogP contribution in [-0.4, -0.2) is 74.7 Å². The first-order valence-electron chi connectivity index (χ1n) is 10.6. The predicted molar refractivity (Wildman–Crippen MR) is 106 cm³/mol. The van der Waals surface area contributed by atoms with Crippen molar-refractivity contribution in [2.75, 3.05) is 26.7 Å². The van der Waals surface area contributed by atoms with Gasteiger partial charge in [0.1, 0.15) is 11.6 Å². The SMILES string of the molecule is COc1ccc([C@H]2CN(C(=O)CCn3nnnc3C)[C@H]3C4CCN(CC4)[C@@H]23)cc1. The third-order valence-electron chi connectivity index (χ3n) is 7.11. The van der Waals surface area contributed by atoms with Gasteiger partial charge in [-0.3, -0.25) is 9.69 Å². The number of hydrogen-bond acceptors (Lipinski definition) is 6. The fraction of sp³-hybridized carbons (Fsp3) is 0.619. The van der Waals surface area contributed by atoms with Crippen LogP contribution >= 0.6 is 0 Å². The molecule has 1 aromatic heterocycles. The van der Waals surface area contributed by atoms with Crippen LogP contribution in [0.5, 0.6) is 5.75 Å². The van der Waals surface area contributed by atoms with Gasteiger partial charge < -0.3 is 9.64 Å². The number of benzene rings is 1. The lowest BCUT2D eigenvalue weighted by atomic mass is 9.75. The fourth-order valence-electron chi connectivity index (χ4n) is 5.65. The van der Waals surface area contributed by atoms with Crippen molar-refractivity contribution < 1.29 is 9.53 Å². The number of ether oxygens (including phenoxy) is 1. The molecule has 4 saturated heterocycles. The molecular formula is C21H28N6O2. The minimum atomic E-state index is 0.222. The lowest BCUT2D eigenvalue weighted by Crippen LogP contribution is -2.60. The fourth-order valence-corrected chi connectivity index (χ4v) is 5.65. The number of fused-ring (bicyclic) bond motifs is 2. The van der Waals surface area contributed by atoms with Gasteiger partial charge in [0.15, 0.2) is 0 Å². The molecule has 0 spiro atoms. The van der Waals surface area contributed by atoms with E-state index in [4.69, 9.17) is 4.74 Å². The van der Waals surface area contributed by atoms with Gasteiger partial charge in [0, 0.05) is 24.9 Å². The quantitative estimate of drug-likeness (QED) is 0.762. The summed E-state index contributed by atoms with van der Waals surface area (Å²) in [5, 5.41) is 11.6. The van der Waals surface area contributed by atoms with Crippen LogP contribution in [0.2, 0.25) is 0 Å². The summed E-state index contributed by atoms with van der Waals surface area (Å²) in [6.07, 6.45) is 2.84. The van der Waals surface area contributed by atoms with E-state index in [9.17, 15) is 4.79 Å². The van der Waals surface area contributed by atoms with Gasteiger partial charge in [0.2, 0.25) is 5.91 Å². The van der Waals surface area contributed by atoms with E-state index < -0.39 is 0 Å². The molecule has 0 radical (unpaired) electrons. The number of carbonyl (C=O) groups excluding carboxylic acids is 1. The molecule has 1 aromatic carbocycles. The smallest absolute Gasteiger partial charge is 0.224 e. The summed E-state index contributed by atoms with van der Waals surface area (Å²) >= 11 is 0. The van der Waals surface area contributed by atoms with Gasteiger partial charge in [-0.1, -0.05) is 12.1 Å². The first-order valence-corrected chi connectivity index (χ1v) is 10.6. The van der Waals surface area contributed by atoms with Gasteiger partial charge >= 0.3 is 0 Å². The second-order valence-corrected chi connectivity index (χ2v) is 8.48. The molecule has 1 amide bonds. The maximum atomic E-state index is 13.3. The Labute approximate surface area is 170 Å². The molecule has 4 aliphatic rings. The van der Waals surface area contributed by atoms with Gasteiger partial charge in [-0.15, -0.1) is 5.10 Å². The van der Waals surface area contributed by atoms with Gasteiger partial charge in [-0.05, 0) is 66.9 Å². The number of tetrazole rings is 1. The molecule has 2 aromatic rings. The maximum Gasteiger partial charge on any atom is 0.224 e. The standard InChI is InChI=1S/C21H28N6O2/c1-14-22-23-24-27(14)12-9-19(28)26-13-18(15-3-5-17(29-2)6-4-15)21-20(26)16-7-10-25(21)11-8-16/h3-6,16,18,20-21H,7-13H2,1-2H3/t18-,20+,21+/m1/s1. The zero-order chi connectivity index (χ0) is 20.0. The highest BCUT2D eigenvalue weighted by Crippen LogP contribution is 2.46. The Morgan fingerprint density at radius 3 is 2.59 bits per heavy atom. The Kier molecular flexibility index (Phi) is 4.73. The van der Waals surface area contributed by atoms with Crippen molar-refractivity contribution in [2.24, 2.45) is 5.92 Å². The largest absolute Gasteiger partial charge is 0.497 e. The molecule has 4 aliphatic heterocycles. The topological polar surface area (TPSA) is 76.4 Å². The van der Waals surface area contributed by atoms with Crippen molar-refractivity contribution in [1.82, 2.24) is 30.0 Å². The highest BCUT2D eigenvalue weighted by molar-refractivity contribution is 5.77. The van der Waals surface area contributed by atoms with Crippen LogP contribution in [0.15, 0.2) is 24.3 Å². The summed E-state index contributed by atoms with van der Waals surface area (Å²) in [5.41, 5.74) is 1.31. The summed E-state index contributed by atoms with van der Waals surface area (Å²) in [4.78, 5) is 18.1. The molecule has 5 heterocycles. The summed E-state index contributed by atoms with van der Waals surface area (Å²) in [6, 6.07) is 9.16. The van der Waals surface area contributed by atoms with Crippen molar-refractivity contribution in [1.29, 1.82) is 0 Å². The molecule has 2 bridgehead atoms. The van der Waals surface area contributed by atoms with Crippen LogP contribution in [0.1, 0.15) is 36.6 Å². The molecule has 4 fully saturated rings. The first kappa shape index (κ1) is 18.5. The normalized spacial score (nSPS) is 30.4. The molecule has 0 aliphatic carbocycles. The van der Waals surface area contributed by atoms with E-state index in [0.717, 1.165) is 31.2 Å². The molecule has 0 N–H and O–H groups in total. The van der Waals surface area contributed by atoms with E-state index >= 15 is 0 Å². The van der Waals surface area contributed by atoms with Crippen molar-refractivity contribution in [2.45, 2.75) is 50.7 Å². The number of aromatic nitrogens is 4. The number of likely N-dealkylation sites (tertiary alicyclic amines) is 1. The number of amides is 1. The number of aryl methyl sites for hydroxylation is 2. The Bertz CT molecular complexity index is 874. The van der Waals surface area contributed by atoms with Gasteiger partial charge in [-0.25, -0.2) is 4.68 Å². The van der Waals surface area contributed by atoms with E-state index in [1.165, 1.54) is 18.4 Å². The molecule has 8 heteroatoms. The molecule has 154 valence electrons. The van der Waals surface area contributed by atoms with Crippen LogP contribution in [0, 0.1) is 12.8 Å². The molecular weight excluding hydrogens is 368 g/mol. The van der Waals surface area contributed by atoms with E-state index in [1.807, 2.05) is 19.1 Å². The van der Waals surface area contributed by atoms with Crippen molar-refractivity contribution >= 4 is 5.91 Å². The Balaban J connectivity index is 1.38. The number of piperidine rings is 3. The number of carbonyl (C=O) groups is 1. The molecule has 6 rings (SSSR count).